The maximum Gasteiger partial charge on any atom is 0.341 e. The number of amides is 1. The molecule has 7 heteroatoms. The lowest BCUT2D eigenvalue weighted by Gasteiger charge is -2.06. The second-order valence-corrected chi connectivity index (χ2v) is 6.37. The molecule has 6 nitrogen and oxygen atoms in total. The zero-order chi connectivity index (χ0) is 18.7. The zero-order valence-electron chi connectivity index (χ0n) is 14.1. The topological polar surface area (TPSA) is 81.7 Å². The monoisotopic (exact) mass is 369 g/mol. The fourth-order valence-corrected chi connectivity index (χ4v) is 3.57. The summed E-state index contributed by atoms with van der Waals surface area (Å²) in [5.41, 5.74) is 1.03. The van der Waals surface area contributed by atoms with Gasteiger partial charge in [0.2, 0.25) is 0 Å². The largest absolute Gasteiger partial charge is 0.465 e. The molecule has 0 saturated carbocycles. The molecule has 1 N–H and O–H groups in total. The van der Waals surface area contributed by atoms with E-state index < -0.39 is 17.8 Å². The highest BCUT2D eigenvalue weighted by atomic mass is 32.1. The van der Waals surface area contributed by atoms with Crippen LogP contribution in [-0.4, -0.2) is 32.1 Å². The molecule has 0 saturated heterocycles. The number of carbonyl (C=O) groups excluding carboxylic acids is 3. The second kappa shape index (κ2) is 7.37. The number of rotatable bonds is 4. The normalized spacial score (nSPS) is 10.4. The SMILES string of the molecule is COC(=O)c1ccc(C(=O)Nc2sc3ccccc3c2C(=O)OC)cc1. The standard InChI is InChI=1S/C19H15NO5S/c1-24-18(22)12-9-7-11(8-10-12)16(21)20-17-15(19(23)25-2)13-5-3-4-6-14(13)26-17/h3-10H,1-2H3,(H,20,21). The van der Waals surface area contributed by atoms with Gasteiger partial charge >= 0.3 is 11.9 Å². The zero-order valence-corrected chi connectivity index (χ0v) is 14.9. The fourth-order valence-electron chi connectivity index (χ4n) is 2.49. The molecule has 3 aromatic rings. The first-order valence-electron chi connectivity index (χ1n) is 7.64. The summed E-state index contributed by atoms with van der Waals surface area (Å²) >= 11 is 1.30. The van der Waals surface area contributed by atoms with Crippen molar-refractivity contribution in [1.82, 2.24) is 0 Å². The predicted molar refractivity (Wildman–Crippen MR) is 98.9 cm³/mol. The van der Waals surface area contributed by atoms with Crippen molar-refractivity contribution in [1.29, 1.82) is 0 Å². The minimum absolute atomic E-state index is 0.327. The predicted octanol–water partition coefficient (Wildman–Crippen LogP) is 3.73. The Bertz CT molecular complexity index is 991. The molecule has 0 aliphatic carbocycles. The Hall–Kier alpha value is -3.19. The molecule has 0 radical (unpaired) electrons. The Kier molecular flexibility index (Phi) is 4.99. The van der Waals surface area contributed by atoms with Crippen LogP contribution < -0.4 is 5.32 Å². The van der Waals surface area contributed by atoms with Crippen LogP contribution in [0.4, 0.5) is 5.00 Å². The van der Waals surface area contributed by atoms with Crippen molar-refractivity contribution in [2.24, 2.45) is 0 Å². The number of thiophene rings is 1. The van der Waals surface area contributed by atoms with Crippen molar-refractivity contribution in [2.75, 3.05) is 19.5 Å². The molecular weight excluding hydrogens is 354 g/mol. The molecule has 0 fully saturated rings. The number of benzene rings is 2. The van der Waals surface area contributed by atoms with E-state index in [0.717, 1.165) is 10.1 Å². The molecule has 26 heavy (non-hydrogen) atoms. The van der Waals surface area contributed by atoms with E-state index in [-0.39, 0.29) is 0 Å². The molecule has 0 bridgehead atoms. The van der Waals surface area contributed by atoms with Crippen LogP contribution in [-0.2, 0) is 9.47 Å². The molecule has 132 valence electrons. The summed E-state index contributed by atoms with van der Waals surface area (Å²) in [6.07, 6.45) is 0. The van der Waals surface area contributed by atoms with Crippen molar-refractivity contribution in [3.05, 3.63) is 65.2 Å². The van der Waals surface area contributed by atoms with Crippen LogP contribution in [0.25, 0.3) is 10.1 Å². The summed E-state index contributed by atoms with van der Waals surface area (Å²) in [6, 6.07) is 13.4. The van der Waals surface area contributed by atoms with Crippen LogP contribution in [0.5, 0.6) is 0 Å². The molecule has 1 heterocycles. The molecule has 0 aliphatic heterocycles. The van der Waals surface area contributed by atoms with Crippen molar-refractivity contribution in [3.8, 4) is 0 Å². The third-order valence-corrected chi connectivity index (χ3v) is 4.87. The van der Waals surface area contributed by atoms with E-state index in [0.29, 0.717) is 21.7 Å². The molecule has 2 aromatic carbocycles. The van der Waals surface area contributed by atoms with Gasteiger partial charge in [-0.05, 0) is 30.3 Å². The number of ether oxygens (including phenoxy) is 2. The van der Waals surface area contributed by atoms with Gasteiger partial charge in [0, 0.05) is 15.6 Å². The lowest BCUT2D eigenvalue weighted by Crippen LogP contribution is -2.14. The molecule has 3 rings (SSSR count). The summed E-state index contributed by atoms with van der Waals surface area (Å²) in [7, 11) is 2.59. The summed E-state index contributed by atoms with van der Waals surface area (Å²) in [6.45, 7) is 0. The number of hydrogen-bond acceptors (Lipinski definition) is 6. The van der Waals surface area contributed by atoms with Crippen molar-refractivity contribution < 1.29 is 23.9 Å². The second-order valence-electron chi connectivity index (χ2n) is 5.32. The molecule has 0 unspecified atom stereocenters. The summed E-state index contributed by atoms with van der Waals surface area (Å²) < 4.78 is 10.3. The third kappa shape index (κ3) is 3.29. The molecule has 0 aliphatic rings. The van der Waals surface area contributed by atoms with Crippen LogP contribution in [0.3, 0.4) is 0 Å². The van der Waals surface area contributed by atoms with Gasteiger partial charge in [0.05, 0.1) is 19.8 Å². The Balaban J connectivity index is 1.92. The number of methoxy groups -OCH3 is 2. The number of fused-ring (bicyclic) bond motifs is 1. The maximum atomic E-state index is 12.5. The van der Waals surface area contributed by atoms with Gasteiger partial charge in [-0.25, -0.2) is 9.59 Å². The minimum Gasteiger partial charge on any atom is -0.465 e. The number of nitrogens with one attached hydrogen (secondary N) is 1. The molecule has 0 spiro atoms. The van der Waals surface area contributed by atoms with Crippen molar-refractivity contribution >= 4 is 44.3 Å². The van der Waals surface area contributed by atoms with E-state index in [2.05, 4.69) is 10.1 Å². The van der Waals surface area contributed by atoms with E-state index in [1.165, 1.54) is 49.8 Å². The van der Waals surface area contributed by atoms with E-state index in [9.17, 15) is 14.4 Å². The van der Waals surface area contributed by atoms with Gasteiger partial charge in [-0.3, -0.25) is 4.79 Å². The van der Waals surface area contributed by atoms with Gasteiger partial charge < -0.3 is 14.8 Å². The van der Waals surface area contributed by atoms with Gasteiger partial charge in [-0.1, -0.05) is 18.2 Å². The molecule has 0 atom stereocenters. The Morgan fingerprint density at radius 3 is 2.12 bits per heavy atom. The van der Waals surface area contributed by atoms with Crippen LogP contribution >= 0.6 is 11.3 Å². The first-order chi connectivity index (χ1) is 12.5. The number of hydrogen-bond donors (Lipinski definition) is 1. The van der Waals surface area contributed by atoms with Gasteiger partial charge in [0.15, 0.2) is 0 Å². The highest BCUT2D eigenvalue weighted by Gasteiger charge is 2.21. The van der Waals surface area contributed by atoms with Gasteiger partial charge in [0.25, 0.3) is 5.91 Å². The van der Waals surface area contributed by atoms with Gasteiger partial charge in [-0.15, -0.1) is 11.3 Å². The van der Waals surface area contributed by atoms with Crippen LogP contribution in [0.2, 0.25) is 0 Å². The lowest BCUT2D eigenvalue weighted by molar-refractivity contribution is 0.0593. The highest BCUT2D eigenvalue weighted by molar-refractivity contribution is 7.23. The fraction of sp³-hybridized carbons (Fsp3) is 0.105. The number of carbonyl (C=O) groups is 3. The summed E-state index contributed by atoms with van der Waals surface area (Å²) in [4.78, 5) is 36.2. The first kappa shape index (κ1) is 17.6. The summed E-state index contributed by atoms with van der Waals surface area (Å²) in [5, 5.41) is 3.90. The molecule has 1 aromatic heterocycles. The number of esters is 2. The molecular formula is C19H15NO5S. The quantitative estimate of drug-likeness (QED) is 0.709. The van der Waals surface area contributed by atoms with E-state index in [4.69, 9.17) is 4.74 Å². The Morgan fingerprint density at radius 1 is 0.846 bits per heavy atom. The Labute approximate surface area is 153 Å². The number of anilines is 1. The smallest absolute Gasteiger partial charge is 0.341 e. The van der Waals surface area contributed by atoms with Crippen LogP contribution in [0.15, 0.2) is 48.5 Å². The molecule has 1 amide bonds. The van der Waals surface area contributed by atoms with Crippen LogP contribution in [0.1, 0.15) is 31.1 Å². The average molecular weight is 369 g/mol. The lowest BCUT2D eigenvalue weighted by atomic mass is 10.1. The Morgan fingerprint density at radius 2 is 1.46 bits per heavy atom. The van der Waals surface area contributed by atoms with Crippen molar-refractivity contribution in [3.63, 3.8) is 0 Å². The van der Waals surface area contributed by atoms with Gasteiger partial charge in [0.1, 0.15) is 10.6 Å². The maximum absolute atomic E-state index is 12.5. The third-order valence-electron chi connectivity index (χ3n) is 3.78. The van der Waals surface area contributed by atoms with E-state index in [1.54, 1.807) is 6.07 Å². The van der Waals surface area contributed by atoms with Crippen molar-refractivity contribution in [2.45, 2.75) is 0 Å². The van der Waals surface area contributed by atoms with E-state index >= 15 is 0 Å². The minimum atomic E-state index is -0.515. The average Bonchev–Trinajstić information content (AvgIpc) is 3.04. The van der Waals surface area contributed by atoms with Crippen LogP contribution in [0, 0.1) is 0 Å². The first-order valence-corrected chi connectivity index (χ1v) is 8.46. The highest BCUT2D eigenvalue weighted by Crippen LogP contribution is 2.36. The van der Waals surface area contributed by atoms with Gasteiger partial charge in [-0.2, -0.15) is 0 Å². The summed E-state index contributed by atoms with van der Waals surface area (Å²) in [5.74, 6) is -1.38. The van der Waals surface area contributed by atoms with E-state index in [1.807, 2.05) is 18.2 Å².